The lowest BCUT2D eigenvalue weighted by Crippen LogP contribution is -2.29. The Bertz CT molecular complexity index is 1180. The second kappa shape index (κ2) is 7.43. The first kappa shape index (κ1) is 19.1. The summed E-state index contributed by atoms with van der Waals surface area (Å²) >= 11 is 0. The summed E-state index contributed by atoms with van der Waals surface area (Å²) < 4.78 is 11.3. The molecular formula is C24H20N2O5. The molecule has 31 heavy (non-hydrogen) atoms. The van der Waals surface area contributed by atoms with Gasteiger partial charge in [0, 0.05) is 18.2 Å². The lowest BCUT2D eigenvalue weighted by Gasteiger charge is -2.22. The number of likely N-dealkylation sites (tertiary alicyclic amines) is 1. The minimum absolute atomic E-state index is 0.00259. The number of carbonyl (C=O) groups excluding carboxylic acids is 2. The van der Waals surface area contributed by atoms with Gasteiger partial charge in [0.2, 0.25) is 0 Å². The van der Waals surface area contributed by atoms with Crippen LogP contribution in [0, 0.1) is 0 Å². The highest BCUT2D eigenvalue weighted by Gasteiger charge is 2.47. The number of aliphatic hydroxyl groups is 1. The number of Topliss-reactive ketones (excluding diaryl/α,β-unsaturated/α-hetero) is 1. The molecule has 7 heteroatoms. The molecule has 1 aromatic carbocycles. The fourth-order valence-corrected chi connectivity index (χ4v) is 4.18. The van der Waals surface area contributed by atoms with E-state index < -0.39 is 17.7 Å². The van der Waals surface area contributed by atoms with Gasteiger partial charge in [-0.15, -0.1) is 0 Å². The molecule has 2 atom stereocenters. The lowest BCUT2D eigenvalue weighted by molar-refractivity contribution is -0.140. The maximum Gasteiger partial charge on any atom is 0.296 e. The second-order valence-corrected chi connectivity index (χ2v) is 7.72. The van der Waals surface area contributed by atoms with Gasteiger partial charge in [-0.2, -0.15) is 0 Å². The van der Waals surface area contributed by atoms with E-state index in [1.165, 1.54) is 11.2 Å². The molecule has 4 heterocycles. The fourth-order valence-electron chi connectivity index (χ4n) is 4.18. The van der Waals surface area contributed by atoms with Crippen LogP contribution in [0.2, 0.25) is 0 Å². The van der Waals surface area contributed by atoms with E-state index in [4.69, 9.17) is 9.15 Å². The highest BCUT2D eigenvalue weighted by Crippen LogP contribution is 2.41. The van der Waals surface area contributed by atoms with Crippen LogP contribution in [0.3, 0.4) is 0 Å². The number of furan rings is 1. The number of aliphatic hydroxyl groups excluding tert-OH is 1. The molecular weight excluding hydrogens is 396 g/mol. The first-order valence-electron chi connectivity index (χ1n) is 10.0. The SMILES string of the molecule is CC1Cc2cc(/C(O)=C3/C(=O)C(=O)N(Cc4ccccn4)C3c3ccco3)ccc2O1. The maximum atomic E-state index is 13.0. The van der Waals surface area contributed by atoms with Gasteiger partial charge >= 0.3 is 0 Å². The molecule has 0 saturated carbocycles. The van der Waals surface area contributed by atoms with Crippen molar-refractivity contribution in [2.24, 2.45) is 0 Å². The van der Waals surface area contributed by atoms with Gasteiger partial charge in [0.05, 0.1) is 24.1 Å². The Morgan fingerprint density at radius 1 is 1.19 bits per heavy atom. The smallest absolute Gasteiger partial charge is 0.296 e. The number of amides is 1. The number of carbonyl (C=O) groups is 2. The predicted molar refractivity (Wildman–Crippen MR) is 111 cm³/mol. The first-order chi connectivity index (χ1) is 15.0. The zero-order valence-electron chi connectivity index (χ0n) is 16.8. The largest absolute Gasteiger partial charge is 0.507 e. The Kier molecular flexibility index (Phi) is 4.58. The highest BCUT2D eigenvalue weighted by atomic mass is 16.5. The van der Waals surface area contributed by atoms with Crippen LogP contribution < -0.4 is 4.74 Å². The van der Waals surface area contributed by atoms with Crippen LogP contribution in [-0.4, -0.2) is 32.8 Å². The molecule has 3 aromatic rings. The number of nitrogens with zero attached hydrogens (tertiary/aromatic N) is 2. The molecule has 2 aliphatic rings. The van der Waals surface area contributed by atoms with Crippen molar-refractivity contribution in [2.45, 2.75) is 32.0 Å². The summed E-state index contributed by atoms with van der Waals surface area (Å²) in [6.07, 6.45) is 3.87. The zero-order chi connectivity index (χ0) is 21.5. The highest BCUT2D eigenvalue weighted by molar-refractivity contribution is 6.46. The van der Waals surface area contributed by atoms with Gasteiger partial charge < -0.3 is 19.2 Å². The molecule has 1 N–H and O–H groups in total. The maximum absolute atomic E-state index is 13.0. The van der Waals surface area contributed by atoms with Crippen molar-refractivity contribution in [3.8, 4) is 5.75 Å². The van der Waals surface area contributed by atoms with Gasteiger partial charge in [0.25, 0.3) is 11.7 Å². The normalized spacial score (nSPS) is 21.9. The Morgan fingerprint density at radius 3 is 2.81 bits per heavy atom. The Morgan fingerprint density at radius 2 is 2.06 bits per heavy atom. The number of hydrogen-bond donors (Lipinski definition) is 1. The number of ketones is 1. The van der Waals surface area contributed by atoms with Crippen LogP contribution in [-0.2, 0) is 22.6 Å². The van der Waals surface area contributed by atoms with Crippen molar-refractivity contribution in [3.05, 3.63) is 89.1 Å². The van der Waals surface area contributed by atoms with Gasteiger partial charge in [-0.25, -0.2) is 0 Å². The van der Waals surface area contributed by atoms with Crippen molar-refractivity contribution in [2.75, 3.05) is 0 Å². The van der Waals surface area contributed by atoms with Crippen molar-refractivity contribution in [1.29, 1.82) is 0 Å². The monoisotopic (exact) mass is 416 g/mol. The number of rotatable bonds is 4. The third-order valence-corrected chi connectivity index (χ3v) is 5.58. The molecule has 1 saturated heterocycles. The molecule has 2 aromatic heterocycles. The van der Waals surface area contributed by atoms with Crippen LogP contribution in [0.5, 0.6) is 5.75 Å². The van der Waals surface area contributed by atoms with E-state index in [0.717, 1.165) is 11.3 Å². The molecule has 0 radical (unpaired) electrons. The quantitative estimate of drug-likeness (QED) is 0.397. The van der Waals surface area contributed by atoms with Gasteiger partial charge in [-0.1, -0.05) is 6.07 Å². The fraction of sp³-hybridized carbons (Fsp3) is 0.208. The van der Waals surface area contributed by atoms with Crippen molar-refractivity contribution < 1.29 is 23.8 Å². The van der Waals surface area contributed by atoms with Crippen LogP contribution in [0.1, 0.15) is 35.5 Å². The third-order valence-electron chi connectivity index (χ3n) is 5.58. The Hall–Kier alpha value is -3.87. The number of fused-ring (bicyclic) bond motifs is 1. The zero-order valence-corrected chi connectivity index (χ0v) is 16.8. The molecule has 0 bridgehead atoms. The van der Waals surface area contributed by atoms with E-state index in [0.29, 0.717) is 23.4 Å². The number of hydrogen-bond acceptors (Lipinski definition) is 6. The van der Waals surface area contributed by atoms with Crippen molar-refractivity contribution >= 4 is 17.4 Å². The average Bonchev–Trinajstić information content (AvgIpc) is 3.48. The third kappa shape index (κ3) is 3.28. The minimum atomic E-state index is -0.847. The van der Waals surface area contributed by atoms with Crippen LogP contribution >= 0.6 is 0 Å². The average molecular weight is 416 g/mol. The van der Waals surface area contributed by atoms with E-state index in [1.807, 2.05) is 13.0 Å². The molecule has 5 rings (SSSR count). The molecule has 7 nitrogen and oxygen atoms in total. The lowest BCUT2D eigenvalue weighted by atomic mass is 9.97. The van der Waals surface area contributed by atoms with Gasteiger partial charge in [0.1, 0.15) is 29.4 Å². The van der Waals surface area contributed by atoms with Crippen LogP contribution in [0.15, 0.2) is 71.0 Å². The number of benzene rings is 1. The second-order valence-electron chi connectivity index (χ2n) is 7.72. The van der Waals surface area contributed by atoms with Gasteiger partial charge in [0.15, 0.2) is 0 Å². The molecule has 0 spiro atoms. The van der Waals surface area contributed by atoms with Crippen molar-refractivity contribution in [1.82, 2.24) is 9.88 Å². The number of pyridine rings is 1. The summed E-state index contributed by atoms with van der Waals surface area (Å²) in [6.45, 7) is 2.09. The Balaban J connectivity index is 1.60. The van der Waals surface area contributed by atoms with E-state index >= 15 is 0 Å². The van der Waals surface area contributed by atoms with Crippen LogP contribution in [0.25, 0.3) is 5.76 Å². The summed E-state index contributed by atoms with van der Waals surface area (Å²) in [5.41, 5.74) is 2.05. The summed E-state index contributed by atoms with van der Waals surface area (Å²) in [4.78, 5) is 31.6. The standard InChI is InChI=1S/C24H20N2O5/c1-14-11-16-12-15(7-8-18(16)31-14)22(27)20-21(19-6-4-10-30-19)26(24(29)23(20)28)13-17-5-2-3-9-25-17/h2-10,12,14,21,27H,11,13H2,1H3/b22-20-. The van der Waals surface area contributed by atoms with Gasteiger partial charge in [-0.05, 0) is 55.0 Å². The first-order valence-corrected chi connectivity index (χ1v) is 10.0. The summed E-state index contributed by atoms with van der Waals surface area (Å²) in [7, 11) is 0. The molecule has 156 valence electrons. The predicted octanol–water partition coefficient (Wildman–Crippen LogP) is 3.62. The summed E-state index contributed by atoms with van der Waals surface area (Å²) in [5, 5.41) is 11.1. The molecule has 2 unspecified atom stereocenters. The molecule has 2 aliphatic heterocycles. The number of aromatic nitrogens is 1. The van der Waals surface area contributed by atoms with E-state index in [1.54, 1.807) is 48.7 Å². The summed E-state index contributed by atoms with van der Waals surface area (Å²) in [5.74, 6) is -0.519. The van der Waals surface area contributed by atoms with E-state index in [9.17, 15) is 14.7 Å². The van der Waals surface area contributed by atoms with Crippen molar-refractivity contribution in [3.63, 3.8) is 0 Å². The Labute approximate surface area is 178 Å². The minimum Gasteiger partial charge on any atom is -0.507 e. The van der Waals surface area contributed by atoms with Gasteiger partial charge in [-0.3, -0.25) is 14.6 Å². The summed E-state index contributed by atoms with van der Waals surface area (Å²) in [6, 6.07) is 13.2. The van der Waals surface area contributed by atoms with Crippen LogP contribution in [0.4, 0.5) is 0 Å². The number of ether oxygens (including phenoxy) is 1. The topological polar surface area (TPSA) is 92.9 Å². The molecule has 1 fully saturated rings. The molecule has 1 amide bonds. The molecule has 0 aliphatic carbocycles. The van der Waals surface area contributed by atoms with E-state index in [2.05, 4.69) is 4.98 Å². The van der Waals surface area contributed by atoms with E-state index in [-0.39, 0.29) is 24.0 Å².